The van der Waals surface area contributed by atoms with Crippen LogP contribution in [0.3, 0.4) is 0 Å². The predicted octanol–water partition coefficient (Wildman–Crippen LogP) is 6.82. The summed E-state index contributed by atoms with van der Waals surface area (Å²) in [5.74, 6) is -7.41. The third kappa shape index (κ3) is 28.2. The van der Waals surface area contributed by atoms with E-state index in [9.17, 15) is 56.4 Å². The van der Waals surface area contributed by atoms with Gasteiger partial charge >= 0.3 is 6.03 Å². The fraction of sp³-hybridized carbons (Fsp3) is 0.658. The first-order valence-electron chi connectivity index (χ1n) is 36.0. The smallest absolute Gasteiger partial charge is 0.312 e. The van der Waals surface area contributed by atoms with Crippen molar-refractivity contribution < 1.29 is 80.0 Å². The lowest BCUT2D eigenvalue weighted by Gasteiger charge is -2.41. The van der Waals surface area contributed by atoms with Crippen LogP contribution in [-0.4, -0.2) is 218 Å². The van der Waals surface area contributed by atoms with Crippen molar-refractivity contribution >= 4 is 68.7 Å². The Labute approximate surface area is 605 Å². The summed E-state index contributed by atoms with van der Waals surface area (Å²) in [6.07, 6.45) is 3.23. The minimum absolute atomic E-state index is 0.00721. The van der Waals surface area contributed by atoms with E-state index in [-0.39, 0.29) is 160 Å². The maximum atomic E-state index is 14.7. The number of allylic oxidation sites excluding steroid dienone is 1. The highest BCUT2D eigenvalue weighted by Crippen LogP contribution is 2.33. The van der Waals surface area contributed by atoms with E-state index in [2.05, 4.69) is 21.9 Å². The molecule has 26 heteroatoms. The van der Waals surface area contributed by atoms with Crippen LogP contribution in [0.2, 0.25) is 0 Å². The third-order valence-corrected chi connectivity index (χ3v) is 20.8. The number of amides is 7. The van der Waals surface area contributed by atoms with Gasteiger partial charge in [0.1, 0.15) is 11.6 Å². The zero-order valence-electron chi connectivity index (χ0n) is 62.9. The lowest BCUT2D eigenvalue weighted by molar-refractivity contribution is -0.149. The van der Waals surface area contributed by atoms with E-state index in [1.165, 1.54) is 37.3 Å². The van der Waals surface area contributed by atoms with E-state index in [1.54, 1.807) is 86.2 Å². The van der Waals surface area contributed by atoms with Crippen molar-refractivity contribution in [2.45, 2.75) is 181 Å². The molecule has 4 rings (SSSR count). The van der Waals surface area contributed by atoms with Crippen LogP contribution in [0.15, 0.2) is 79.0 Å². The Morgan fingerprint density at radius 1 is 0.706 bits per heavy atom. The van der Waals surface area contributed by atoms with Gasteiger partial charge in [-0.05, 0) is 92.6 Å². The molecule has 25 nitrogen and oxygen atoms in total. The molecular formula is C76H118N8O17S. The molecule has 0 unspecified atom stereocenters. The fourth-order valence-corrected chi connectivity index (χ4v) is 14.9. The number of ketones is 4. The highest BCUT2D eigenvalue weighted by atomic mass is 32.2. The minimum Gasteiger partial charge on any atom is -0.379 e. The summed E-state index contributed by atoms with van der Waals surface area (Å²) in [6.45, 7) is 23.4. The Bertz CT molecular complexity index is 3190. The normalized spacial score (nSPS) is 17.1. The largest absolute Gasteiger partial charge is 0.379 e. The number of carbonyl (C=O) groups excluding carboxylic acids is 10. The number of nitrogens with two attached hydrogens (primary N) is 1. The number of rotatable bonds is 50. The topological polar surface area (TPSA) is 326 Å². The van der Waals surface area contributed by atoms with Crippen molar-refractivity contribution in [2.75, 3.05) is 94.6 Å². The highest BCUT2D eigenvalue weighted by molar-refractivity contribution is 7.89. The lowest BCUT2D eigenvalue weighted by Crippen LogP contribution is -2.54. The monoisotopic (exact) mass is 1450 g/mol. The number of primary amides is 1. The number of ether oxygens (including phenoxy) is 5. The van der Waals surface area contributed by atoms with Crippen LogP contribution in [0.5, 0.6) is 0 Å². The van der Waals surface area contributed by atoms with Crippen LogP contribution in [-0.2, 0) is 95.5 Å². The highest BCUT2D eigenvalue weighted by Gasteiger charge is 2.44. The van der Waals surface area contributed by atoms with Gasteiger partial charge in [0.2, 0.25) is 33.7 Å². The minimum atomic E-state index is -4.39. The van der Waals surface area contributed by atoms with Gasteiger partial charge in [0.15, 0.2) is 11.6 Å². The average molecular weight is 1450 g/mol. The number of urea groups is 1. The van der Waals surface area contributed by atoms with Crippen molar-refractivity contribution in [3.05, 3.63) is 95.7 Å². The van der Waals surface area contributed by atoms with Gasteiger partial charge in [0.05, 0.1) is 88.2 Å². The molecule has 7 amide bonds. The molecule has 0 spiro atoms. The summed E-state index contributed by atoms with van der Waals surface area (Å²) in [4.78, 5) is 143. The molecule has 2 aromatic carbocycles. The van der Waals surface area contributed by atoms with Crippen molar-refractivity contribution in [3.8, 4) is 0 Å². The van der Waals surface area contributed by atoms with Gasteiger partial charge in [0.25, 0.3) is 5.91 Å². The van der Waals surface area contributed by atoms with Crippen LogP contribution in [0.1, 0.15) is 143 Å². The van der Waals surface area contributed by atoms with E-state index < -0.39 is 87.6 Å². The van der Waals surface area contributed by atoms with E-state index in [0.717, 1.165) is 0 Å². The van der Waals surface area contributed by atoms with Gasteiger partial charge in [-0.3, -0.25) is 52.8 Å². The number of likely N-dealkylation sites (tertiary alicyclic amines) is 1. The van der Waals surface area contributed by atoms with Gasteiger partial charge in [-0.15, -0.1) is 0 Å². The number of nitrogens with one attached hydrogen (secondary N) is 3. The first-order valence-corrected chi connectivity index (χ1v) is 37.7. The Hall–Kier alpha value is -7.07. The molecule has 2 heterocycles. The van der Waals surface area contributed by atoms with Crippen LogP contribution >= 0.6 is 0 Å². The van der Waals surface area contributed by atoms with E-state index >= 15 is 0 Å². The summed E-state index contributed by atoms with van der Waals surface area (Å²) >= 11 is 0. The number of likely N-dealkylation sites (N-methyl/N-ethyl adjacent to an activating group) is 2. The number of benzene rings is 2. The summed E-state index contributed by atoms with van der Waals surface area (Å²) in [6, 6.07) is 11.9. The molecule has 0 radical (unpaired) electrons. The quantitative estimate of drug-likeness (QED) is 0.0494. The summed E-state index contributed by atoms with van der Waals surface area (Å²) in [5.41, 5.74) is 7.36. The average Bonchev–Trinajstić information content (AvgIpc) is 1.40. The fourth-order valence-electron chi connectivity index (χ4n) is 13.7. The molecule has 0 aromatic heterocycles. The standard InChI is InChI=1S/C76H118N8O17S/c1-16-52(8)71(82(13)75(93)61(50(4)5)46-66(88)70(51(6)7)81(11)12)67(97-14)47-69(90)84-34-21-25-63(84)72(98-15)54(10)64(86)44-58(42-55-22-18-17-19-23-55)73(91)80-102(95,96)48-57-29-27-56(28-30-57)43-65(87)62(24-20-33-78-76(77)94)79-74(92)60(49(2)3)45-59(85)32-36-99-38-40-101-41-39-100-37-35-83-53(9)26-31-68(83)89/h17-19,22-23,26-31,49-52,54,58,60-63,67,70-72H,9,16,20-21,24-25,32-48H2,1-8,10-15H3,(H,79,92)(H,80,91)(H3,77,78,94)/t52-,54-,58+,60-,61-,62-,63-,67+,70-,71-,72+/m0/s1. The Morgan fingerprint density at radius 2 is 1.32 bits per heavy atom. The van der Waals surface area contributed by atoms with E-state index in [1.807, 2.05) is 60.5 Å². The van der Waals surface area contributed by atoms with Gasteiger partial charge < -0.3 is 54.8 Å². The molecule has 2 aromatic rings. The first-order chi connectivity index (χ1) is 48.2. The van der Waals surface area contributed by atoms with Crippen molar-refractivity contribution in [1.82, 2.24) is 35.0 Å². The summed E-state index contributed by atoms with van der Waals surface area (Å²) in [5, 5.41) is 5.34. The number of carbonyl (C=O) groups is 10. The molecule has 5 N–H and O–H groups in total. The molecule has 570 valence electrons. The Balaban J connectivity index is 1.39. The molecule has 11 atom stereocenters. The predicted molar refractivity (Wildman–Crippen MR) is 389 cm³/mol. The molecule has 102 heavy (non-hydrogen) atoms. The van der Waals surface area contributed by atoms with Gasteiger partial charge in [-0.25, -0.2) is 13.2 Å². The second-order valence-corrected chi connectivity index (χ2v) is 30.2. The molecule has 2 aliphatic heterocycles. The van der Waals surface area contributed by atoms with Gasteiger partial charge in [-0.2, -0.15) is 0 Å². The number of hydrogen-bond donors (Lipinski definition) is 4. The zero-order valence-corrected chi connectivity index (χ0v) is 63.7. The number of sulfonamides is 1. The van der Waals surface area contributed by atoms with E-state index in [4.69, 9.17) is 29.4 Å². The van der Waals surface area contributed by atoms with Gasteiger partial charge in [0, 0.05) is 108 Å². The Kier molecular flexibility index (Phi) is 37.6. The molecule has 1 saturated heterocycles. The van der Waals surface area contributed by atoms with Crippen LogP contribution < -0.4 is 21.1 Å². The van der Waals surface area contributed by atoms with Crippen LogP contribution in [0.4, 0.5) is 4.79 Å². The molecular weight excluding hydrogens is 1330 g/mol. The number of Topliss-reactive ketones (excluding diaryl/α,β-unsaturated/α-hetero) is 4. The van der Waals surface area contributed by atoms with Crippen molar-refractivity contribution in [1.29, 1.82) is 0 Å². The third-order valence-electron chi connectivity index (χ3n) is 19.6. The second kappa shape index (κ2) is 43.9. The maximum Gasteiger partial charge on any atom is 0.312 e. The summed E-state index contributed by atoms with van der Waals surface area (Å²) < 4.78 is 58.9. The Morgan fingerprint density at radius 3 is 1.88 bits per heavy atom. The SMILES string of the molecule is C=C1C=CC(=O)N1CCOCCOCCOCCC(=O)C[C@H](C(=O)N[C@@H](CCCNC(N)=O)C(=O)Cc1ccc(CS(=O)(=O)NC(=O)[C@@H](CC(=O)[C@H](C)[C@@H](OC)[C@@H]2CCCN2C(=O)C[C@@H](OC)[C@H]([C@@H](C)CC)N(C)C(=O)[C@@H](CC(=O)[C@H](C(C)C)N(C)C)C(C)C)Cc2ccccc2)cc1)C(C)C. The molecule has 0 bridgehead atoms. The number of nitrogens with zero attached hydrogens (tertiary/aromatic N) is 4. The lowest BCUT2D eigenvalue weighted by atomic mass is 9.83. The molecule has 2 aliphatic rings. The maximum absolute atomic E-state index is 14.7. The van der Waals surface area contributed by atoms with Crippen molar-refractivity contribution in [3.63, 3.8) is 0 Å². The number of hydrogen-bond acceptors (Lipinski definition) is 18. The van der Waals surface area contributed by atoms with E-state index in [0.29, 0.717) is 69.0 Å². The van der Waals surface area contributed by atoms with Crippen molar-refractivity contribution in [2.24, 2.45) is 53.1 Å². The second-order valence-electron chi connectivity index (χ2n) is 28.5. The zero-order chi connectivity index (χ0) is 76.0. The first kappa shape index (κ1) is 87.3. The number of methoxy groups -OCH3 is 2. The molecule has 0 aliphatic carbocycles. The molecule has 0 saturated carbocycles. The summed E-state index contributed by atoms with van der Waals surface area (Å²) in [7, 11) is 4.06. The molecule has 1 fully saturated rings. The van der Waals surface area contributed by atoms with Gasteiger partial charge in [-0.1, -0.05) is 130 Å². The van der Waals surface area contributed by atoms with Crippen LogP contribution in [0, 0.1) is 47.3 Å². The van der Waals surface area contributed by atoms with Crippen LogP contribution in [0.25, 0.3) is 0 Å².